The van der Waals surface area contributed by atoms with Gasteiger partial charge in [0.05, 0.1) is 10.6 Å². The van der Waals surface area contributed by atoms with Crippen LogP contribution in [0.15, 0.2) is 0 Å². The molecule has 2 saturated heterocycles. The highest BCUT2D eigenvalue weighted by Crippen LogP contribution is 2.47. The van der Waals surface area contributed by atoms with Crippen LogP contribution in [-0.2, 0) is 14.3 Å². The first-order chi connectivity index (χ1) is 12.2. The second-order valence-corrected chi connectivity index (χ2v) is 8.48. The lowest BCUT2D eigenvalue weighted by Crippen LogP contribution is -2.46. The maximum atomic E-state index is 12.4. The number of Topliss-reactive ketones (excluding diaryl/α,β-unsaturated/α-hetero) is 2. The first-order valence-corrected chi connectivity index (χ1v) is 9.50. The SMILES string of the molecule is CC(=O)c1c(C)[nH]c(C(=O)COC(=O)[C@H]2CS[C@]3(C)CCC(=O)N23)c1C. The van der Waals surface area contributed by atoms with Crippen molar-refractivity contribution in [1.29, 1.82) is 0 Å². The van der Waals surface area contributed by atoms with Crippen LogP contribution in [0.3, 0.4) is 0 Å². The van der Waals surface area contributed by atoms with Crippen LogP contribution >= 0.6 is 11.8 Å². The van der Waals surface area contributed by atoms with Crippen molar-refractivity contribution >= 4 is 35.2 Å². The number of aromatic amines is 1. The first-order valence-electron chi connectivity index (χ1n) is 8.52. The highest BCUT2D eigenvalue weighted by atomic mass is 32.2. The molecule has 2 aliphatic rings. The van der Waals surface area contributed by atoms with E-state index < -0.39 is 24.4 Å². The molecule has 0 unspecified atom stereocenters. The molecule has 0 bridgehead atoms. The third-order valence-corrected chi connectivity index (χ3v) is 6.64. The average Bonchev–Trinajstić information content (AvgIpc) is 3.16. The molecular weight excluding hydrogens is 356 g/mol. The topological polar surface area (TPSA) is 96.5 Å². The Morgan fingerprint density at radius 3 is 2.65 bits per heavy atom. The zero-order chi connectivity index (χ0) is 19.2. The molecule has 0 spiro atoms. The number of H-pyrrole nitrogens is 1. The first kappa shape index (κ1) is 18.7. The van der Waals surface area contributed by atoms with E-state index in [-0.39, 0.29) is 22.3 Å². The molecule has 2 fully saturated rings. The molecule has 0 aromatic carbocycles. The molecule has 0 radical (unpaired) electrons. The van der Waals surface area contributed by atoms with Crippen molar-refractivity contribution in [1.82, 2.24) is 9.88 Å². The van der Waals surface area contributed by atoms with Gasteiger partial charge in [-0.05, 0) is 39.7 Å². The smallest absolute Gasteiger partial charge is 0.330 e. The van der Waals surface area contributed by atoms with Gasteiger partial charge in [0.25, 0.3) is 0 Å². The summed E-state index contributed by atoms with van der Waals surface area (Å²) >= 11 is 1.57. The number of carbonyl (C=O) groups is 4. The number of amides is 1. The van der Waals surface area contributed by atoms with E-state index in [9.17, 15) is 19.2 Å². The van der Waals surface area contributed by atoms with Gasteiger partial charge in [0.2, 0.25) is 11.7 Å². The summed E-state index contributed by atoms with van der Waals surface area (Å²) < 4.78 is 5.21. The van der Waals surface area contributed by atoms with Gasteiger partial charge in [0, 0.05) is 23.4 Å². The van der Waals surface area contributed by atoms with Crippen LogP contribution in [0.1, 0.15) is 58.8 Å². The van der Waals surface area contributed by atoms with Gasteiger partial charge in [-0.15, -0.1) is 11.8 Å². The average molecular weight is 378 g/mol. The van der Waals surface area contributed by atoms with Crippen LogP contribution in [0.4, 0.5) is 0 Å². The van der Waals surface area contributed by atoms with Gasteiger partial charge >= 0.3 is 5.97 Å². The number of hydrogen-bond acceptors (Lipinski definition) is 6. The van der Waals surface area contributed by atoms with E-state index in [4.69, 9.17) is 4.74 Å². The fraction of sp³-hybridized carbons (Fsp3) is 0.556. The molecule has 1 amide bonds. The van der Waals surface area contributed by atoms with Crippen molar-refractivity contribution < 1.29 is 23.9 Å². The number of esters is 1. The van der Waals surface area contributed by atoms with Crippen LogP contribution in [0.25, 0.3) is 0 Å². The van der Waals surface area contributed by atoms with Crippen LogP contribution in [0.2, 0.25) is 0 Å². The standard InChI is InChI=1S/C18H22N2O5S/c1-9-15(11(3)21)10(2)19-16(9)13(22)7-25-17(24)12-8-26-18(4)6-5-14(23)20(12)18/h12,19H,5-8H2,1-4H3/t12-,18-/m1/s1. The van der Waals surface area contributed by atoms with E-state index in [0.717, 1.165) is 0 Å². The molecule has 140 valence electrons. The summed E-state index contributed by atoms with van der Waals surface area (Å²) in [5.74, 6) is -0.648. The quantitative estimate of drug-likeness (QED) is 0.622. The Morgan fingerprint density at radius 1 is 1.35 bits per heavy atom. The molecule has 2 aliphatic heterocycles. The van der Waals surface area contributed by atoms with Crippen molar-refractivity contribution in [2.75, 3.05) is 12.4 Å². The van der Waals surface area contributed by atoms with Crippen molar-refractivity contribution in [3.63, 3.8) is 0 Å². The van der Waals surface area contributed by atoms with E-state index in [0.29, 0.717) is 35.4 Å². The van der Waals surface area contributed by atoms with Crippen molar-refractivity contribution in [2.45, 2.75) is 51.4 Å². The third kappa shape index (κ3) is 2.96. The van der Waals surface area contributed by atoms with E-state index in [1.54, 1.807) is 30.5 Å². The maximum absolute atomic E-state index is 12.4. The van der Waals surface area contributed by atoms with Crippen LogP contribution in [0, 0.1) is 13.8 Å². The highest BCUT2D eigenvalue weighted by Gasteiger charge is 2.53. The summed E-state index contributed by atoms with van der Waals surface area (Å²) in [7, 11) is 0. The van der Waals surface area contributed by atoms with Crippen LogP contribution in [-0.4, -0.2) is 56.6 Å². The summed E-state index contributed by atoms with van der Waals surface area (Å²) in [6.07, 6.45) is 1.15. The van der Waals surface area contributed by atoms with E-state index in [1.807, 2.05) is 6.92 Å². The number of rotatable bonds is 5. The minimum atomic E-state index is -0.646. The fourth-order valence-electron chi connectivity index (χ4n) is 3.86. The van der Waals surface area contributed by atoms with Crippen molar-refractivity contribution in [3.8, 4) is 0 Å². The van der Waals surface area contributed by atoms with Gasteiger partial charge in [-0.3, -0.25) is 14.4 Å². The summed E-state index contributed by atoms with van der Waals surface area (Å²) in [5.41, 5.74) is 1.96. The number of aromatic nitrogens is 1. The van der Waals surface area contributed by atoms with E-state index in [2.05, 4.69) is 4.98 Å². The van der Waals surface area contributed by atoms with Crippen LogP contribution in [0.5, 0.6) is 0 Å². The molecule has 3 rings (SSSR count). The number of nitrogens with one attached hydrogen (secondary N) is 1. The molecule has 3 heterocycles. The summed E-state index contributed by atoms with van der Waals surface area (Å²) in [6, 6.07) is -0.646. The maximum Gasteiger partial charge on any atom is 0.330 e. The van der Waals surface area contributed by atoms with Crippen LogP contribution < -0.4 is 0 Å². The van der Waals surface area contributed by atoms with Gasteiger partial charge < -0.3 is 14.6 Å². The predicted octanol–water partition coefficient (Wildman–Crippen LogP) is 2.01. The molecule has 1 aromatic heterocycles. The summed E-state index contributed by atoms with van der Waals surface area (Å²) in [6.45, 7) is 6.39. The molecule has 1 N–H and O–H groups in total. The minimum absolute atomic E-state index is 0.0484. The molecule has 2 atom stereocenters. The van der Waals surface area contributed by atoms with E-state index >= 15 is 0 Å². The highest BCUT2D eigenvalue weighted by molar-refractivity contribution is 8.01. The van der Waals surface area contributed by atoms with Crippen molar-refractivity contribution in [3.05, 3.63) is 22.5 Å². The molecule has 26 heavy (non-hydrogen) atoms. The molecule has 0 aliphatic carbocycles. The monoisotopic (exact) mass is 378 g/mol. The van der Waals surface area contributed by atoms with Gasteiger partial charge in [0.1, 0.15) is 6.04 Å². The molecule has 1 aromatic rings. The Labute approximate surface area is 155 Å². The lowest BCUT2D eigenvalue weighted by molar-refractivity contribution is -0.152. The second-order valence-electron chi connectivity index (χ2n) is 6.98. The zero-order valence-corrected chi connectivity index (χ0v) is 16.1. The molecular formula is C18H22N2O5S. The van der Waals surface area contributed by atoms with E-state index in [1.165, 1.54) is 6.92 Å². The number of thioether (sulfide) groups is 1. The normalized spacial score (nSPS) is 24.7. The van der Waals surface area contributed by atoms with Crippen molar-refractivity contribution in [2.24, 2.45) is 0 Å². The van der Waals surface area contributed by atoms with Gasteiger partial charge in [-0.25, -0.2) is 4.79 Å². The number of ether oxygens (including phenoxy) is 1. The molecule has 8 heteroatoms. The molecule has 0 saturated carbocycles. The number of carbonyl (C=O) groups excluding carboxylic acids is 4. The van der Waals surface area contributed by atoms with Gasteiger partial charge in [-0.2, -0.15) is 0 Å². The minimum Gasteiger partial charge on any atom is -0.456 e. The number of fused-ring (bicyclic) bond motifs is 1. The number of hydrogen-bond donors (Lipinski definition) is 1. The third-order valence-electron chi connectivity index (χ3n) is 5.13. The number of nitrogens with zero attached hydrogens (tertiary/aromatic N) is 1. The lowest BCUT2D eigenvalue weighted by Gasteiger charge is -2.29. The number of ketones is 2. The summed E-state index contributed by atoms with van der Waals surface area (Å²) in [4.78, 5) is 52.8. The lowest BCUT2D eigenvalue weighted by atomic mass is 10.1. The number of aryl methyl sites for hydroxylation is 1. The fourth-order valence-corrected chi connectivity index (χ4v) is 5.27. The Morgan fingerprint density at radius 2 is 2.04 bits per heavy atom. The summed E-state index contributed by atoms with van der Waals surface area (Å²) in [5, 5.41) is 0. The Hall–Kier alpha value is -2.09. The second kappa shape index (κ2) is 6.57. The Balaban J connectivity index is 1.67. The van der Waals surface area contributed by atoms with Gasteiger partial charge in [0.15, 0.2) is 12.4 Å². The Bertz CT molecular complexity index is 815. The zero-order valence-electron chi connectivity index (χ0n) is 15.3. The molecule has 7 nitrogen and oxygen atoms in total. The largest absolute Gasteiger partial charge is 0.456 e. The van der Waals surface area contributed by atoms with Gasteiger partial charge in [-0.1, -0.05) is 0 Å². The predicted molar refractivity (Wildman–Crippen MR) is 96.3 cm³/mol. The Kier molecular flexibility index (Phi) is 4.72.